The van der Waals surface area contributed by atoms with Crippen molar-refractivity contribution in [1.29, 1.82) is 5.26 Å². The molecule has 6 nitrogen and oxygen atoms in total. The van der Waals surface area contributed by atoms with Crippen molar-refractivity contribution < 1.29 is 4.79 Å². The normalized spacial score (nSPS) is 11.3. The number of ketones is 1. The lowest BCUT2D eigenvalue weighted by Crippen LogP contribution is -2.23. The quantitative estimate of drug-likeness (QED) is 0.139. The van der Waals surface area contributed by atoms with Crippen LogP contribution in [0.15, 0.2) is 76.8 Å². The third-order valence-corrected chi connectivity index (χ3v) is 6.97. The van der Waals surface area contributed by atoms with Crippen LogP contribution < -0.4 is 5.56 Å². The minimum Gasteiger partial charge on any atom is -0.346 e. The molecule has 0 atom stereocenters. The smallest absolute Gasteiger partial charge is 0.262 e. The summed E-state index contributed by atoms with van der Waals surface area (Å²) < 4.78 is 3.59. The number of benzene rings is 3. The second kappa shape index (κ2) is 9.16. The first-order valence-corrected chi connectivity index (χ1v) is 12.1. The Morgan fingerprint density at radius 2 is 1.79 bits per heavy atom. The van der Waals surface area contributed by atoms with Gasteiger partial charge in [0.15, 0.2) is 10.9 Å². The molecule has 0 bridgehead atoms. The van der Waals surface area contributed by atoms with Crippen molar-refractivity contribution in [2.75, 3.05) is 5.75 Å². The lowest BCUT2D eigenvalue weighted by atomic mass is 10.1. The molecule has 0 aliphatic heterocycles. The Morgan fingerprint density at radius 1 is 1.06 bits per heavy atom. The highest BCUT2D eigenvalue weighted by atomic mass is 32.2. The number of hydrogen-bond acceptors (Lipinski definition) is 5. The molecular weight excluding hydrogens is 444 g/mol. The summed E-state index contributed by atoms with van der Waals surface area (Å²) in [5, 5.41) is 13.0. The van der Waals surface area contributed by atoms with Crippen molar-refractivity contribution in [3.8, 4) is 6.07 Å². The van der Waals surface area contributed by atoms with Gasteiger partial charge in [-0.3, -0.25) is 14.2 Å². The van der Waals surface area contributed by atoms with Crippen molar-refractivity contribution in [2.24, 2.45) is 0 Å². The predicted octanol–water partition coefficient (Wildman–Crippen LogP) is 5.41. The van der Waals surface area contributed by atoms with E-state index in [2.05, 4.69) is 6.07 Å². The first-order valence-electron chi connectivity index (χ1n) is 11.1. The van der Waals surface area contributed by atoms with Gasteiger partial charge in [-0.15, -0.1) is 0 Å². The topological polar surface area (TPSA) is 80.7 Å². The Balaban J connectivity index is 1.49. The minimum atomic E-state index is -0.0960. The van der Waals surface area contributed by atoms with E-state index in [1.54, 1.807) is 4.57 Å². The van der Waals surface area contributed by atoms with Gasteiger partial charge in [-0.2, -0.15) is 5.26 Å². The third-order valence-electron chi connectivity index (χ3n) is 5.99. The zero-order valence-corrected chi connectivity index (χ0v) is 19.5. The molecule has 7 heteroatoms. The second-order valence-electron chi connectivity index (χ2n) is 8.03. The Labute approximate surface area is 200 Å². The summed E-state index contributed by atoms with van der Waals surface area (Å²) in [5.41, 5.74) is 2.10. The van der Waals surface area contributed by atoms with Crippen LogP contribution in [0.5, 0.6) is 0 Å². The molecular formula is C27H22N4O2S. The van der Waals surface area contributed by atoms with E-state index in [0.29, 0.717) is 41.1 Å². The number of Topliss-reactive ketones (excluding diaryl/α,β-unsaturated/α-hetero) is 1. The number of carbonyl (C=O) groups is 1. The number of aryl methyl sites for hydroxylation is 1. The van der Waals surface area contributed by atoms with Crippen LogP contribution in [0.3, 0.4) is 0 Å². The molecule has 0 N–H and O–H groups in total. The fourth-order valence-electron chi connectivity index (χ4n) is 4.31. The molecule has 0 unspecified atom stereocenters. The number of fused-ring (bicyclic) bond motifs is 3. The number of carbonyl (C=O) groups excluding carboxylic acids is 1. The van der Waals surface area contributed by atoms with Crippen LogP contribution in [0.25, 0.3) is 32.6 Å². The number of thioether (sulfide) groups is 1. The molecule has 5 aromatic rings. The van der Waals surface area contributed by atoms with Gasteiger partial charge in [0.2, 0.25) is 0 Å². The number of hydrogen-bond donors (Lipinski definition) is 0. The van der Waals surface area contributed by atoms with Crippen LogP contribution in [0.1, 0.15) is 23.7 Å². The van der Waals surface area contributed by atoms with E-state index in [9.17, 15) is 9.59 Å². The van der Waals surface area contributed by atoms with E-state index < -0.39 is 0 Å². The lowest BCUT2D eigenvalue weighted by Gasteiger charge is -2.11. The number of nitriles is 1. The Morgan fingerprint density at radius 3 is 2.56 bits per heavy atom. The van der Waals surface area contributed by atoms with Crippen molar-refractivity contribution >= 4 is 50.1 Å². The summed E-state index contributed by atoms with van der Waals surface area (Å²) in [5.74, 6) is 0.130. The van der Waals surface area contributed by atoms with Crippen LogP contribution in [0.4, 0.5) is 0 Å². The molecule has 0 fully saturated rings. The second-order valence-corrected chi connectivity index (χ2v) is 8.98. The highest BCUT2D eigenvalue weighted by molar-refractivity contribution is 7.99. The molecule has 0 aliphatic rings. The molecule has 0 amide bonds. The summed E-state index contributed by atoms with van der Waals surface area (Å²) >= 11 is 1.29. The zero-order chi connectivity index (χ0) is 23.7. The Kier molecular flexibility index (Phi) is 5.91. The summed E-state index contributed by atoms with van der Waals surface area (Å²) in [6, 6.07) is 21.6. The average Bonchev–Trinajstić information content (AvgIpc) is 3.24. The molecule has 0 spiro atoms. The largest absolute Gasteiger partial charge is 0.346 e. The van der Waals surface area contributed by atoms with Gasteiger partial charge in [0.25, 0.3) is 5.56 Å². The first-order chi connectivity index (χ1) is 16.6. The van der Waals surface area contributed by atoms with E-state index in [0.717, 1.165) is 21.7 Å². The van der Waals surface area contributed by atoms with Gasteiger partial charge in [-0.25, -0.2) is 4.98 Å². The summed E-state index contributed by atoms with van der Waals surface area (Å²) in [6.45, 7) is 2.91. The van der Waals surface area contributed by atoms with Gasteiger partial charge in [-0.1, -0.05) is 54.2 Å². The third kappa shape index (κ3) is 3.87. The van der Waals surface area contributed by atoms with Crippen LogP contribution >= 0.6 is 11.8 Å². The van der Waals surface area contributed by atoms with Gasteiger partial charge < -0.3 is 4.57 Å². The first kappa shape index (κ1) is 21.9. The monoisotopic (exact) mass is 466 g/mol. The minimum absolute atomic E-state index is 0.0348. The van der Waals surface area contributed by atoms with Crippen molar-refractivity contribution in [3.63, 3.8) is 0 Å². The molecule has 2 aromatic heterocycles. The van der Waals surface area contributed by atoms with E-state index >= 15 is 0 Å². The lowest BCUT2D eigenvalue weighted by molar-refractivity contribution is 0.102. The highest BCUT2D eigenvalue weighted by Gasteiger charge is 2.18. The predicted molar refractivity (Wildman–Crippen MR) is 136 cm³/mol. The molecule has 0 saturated carbocycles. The van der Waals surface area contributed by atoms with Crippen LogP contribution in [-0.4, -0.2) is 25.7 Å². The van der Waals surface area contributed by atoms with E-state index in [1.807, 2.05) is 78.4 Å². The molecule has 0 saturated heterocycles. The molecule has 168 valence electrons. The maximum atomic E-state index is 13.2. The van der Waals surface area contributed by atoms with Crippen molar-refractivity contribution in [3.05, 3.63) is 82.8 Å². The fourth-order valence-corrected chi connectivity index (χ4v) is 5.26. The molecule has 0 radical (unpaired) electrons. The van der Waals surface area contributed by atoms with E-state index in [-0.39, 0.29) is 17.1 Å². The van der Waals surface area contributed by atoms with Gasteiger partial charge in [0.1, 0.15) is 0 Å². The van der Waals surface area contributed by atoms with Gasteiger partial charge >= 0.3 is 0 Å². The van der Waals surface area contributed by atoms with E-state index in [4.69, 9.17) is 10.2 Å². The summed E-state index contributed by atoms with van der Waals surface area (Å²) in [6.07, 6.45) is 2.21. The number of nitrogens with zero attached hydrogens (tertiary/aromatic N) is 4. The standard InChI is InChI=1S/C27H22N4O2S/c1-2-31-26(33)21-14-18-8-3-4-9-19(18)15-23(21)29-27(31)34-17-25(32)22-16-30(13-7-12-28)24-11-6-5-10-20(22)24/h3-6,8-11,14-16H,2,7,13,17H2,1H3. The van der Waals surface area contributed by atoms with Gasteiger partial charge in [0.05, 0.1) is 29.1 Å². The van der Waals surface area contributed by atoms with Crippen LogP contribution in [0, 0.1) is 11.3 Å². The van der Waals surface area contributed by atoms with Gasteiger partial charge in [0, 0.05) is 35.8 Å². The number of para-hydroxylation sites is 1. The molecule has 2 heterocycles. The zero-order valence-electron chi connectivity index (χ0n) is 18.7. The van der Waals surface area contributed by atoms with Gasteiger partial charge in [-0.05, 0) is 35.9 Å². The number of aromatic nitrogens is 3. The number of rotatable bonds is 7. The Hall–Kier alpha value is -3.89. The molecule has 5 rings (SSSR count). The highest BCUT2D eigenvalue weighted by Crippen LogP contribution is 2.26. The average molecular weight is 467 g/mol. The van der Waals surface area contributed by atoms with Crippen molar-refractivity contribution in [1.82, 2.24) is 14.1 Å². The summed E-state index contributed by atoms with van der Waals surface area (Å²) in [4.78, 5) is 31.2. The maximum absolute atomic E-state index is 13.2. The molecule has 0 aliphatic carbocycles. The molecule has 34 heavy (non-hydrogen) atoms. The molecule has 3 aromatic carbocycles. The summed E-state index contributed by atoms with van der Waals surface area (Å²) in [7, 11) is 0. The SMILES string of the molecule is CCn1c(SCC(=O)c2cn(CCC#N)c3ccccc23)nc2cc3ccccc3cc2c1=O. The van der Waals surface area contributed by atoms with Crippen LogP contribution in [0.2, 0.25) is 0 Å². The maximum Gasteiger partial charge on any atom is 0.262 e. The van der Waals surface area contributed by atoms with Crippen molar-refractivity contribution in [2.45, 2.75) is 31.6 Å². The van der Waals surface area contributed by atoms with Crippen LogP contribution in [-0.2, 0) is 13.1 Å². The van der Waals surface area contributed by atoms with E-state index in [1.165, 1.54) is 11.8 Å². The fraction of sp³-hybridized carbons (Fsp3) is 0.185. The Bertz CT molecular complexity index is 1660.